The van der Waals surface area contributed by atoms with E-state index in [2.05, 4.69) is 32.4 Å². The summed E-state index contributed by atoms with van der Waals surface area (Å²) in [6, 6.07) is 18.0. The van der Waals surface area contributed by atoms with Gasteiger partial charge in [-0.1, -0.05) is 48.2 Å². The molecule has 0 atom stereocenters. The second-order valence-corrected chi connectivity index (χ2v) is 5.67. The van der Waals surface area contributed by atoms with Crippen LogP contribution in [0, 0.1) is 11.8 Å². The molecular formula is C21H17N3O. The first-order chi connectivity index (χ1) is 12.4. The Morgan fingerprint density at radius 1 is 0.920 bits per heavy atom. The highest BCUT2D eigenvalue weighted by Crippen LogP contribution is 2.22. The molecule has 25 heavy (non-hydrogen) atoms. The predicted molar refractivity (Wildman–Crippen MR) is 99.2 cm³/mol. The Morgan fingerprint density at radius 3 is 2.68 bits per heavy atom. The number of aromatic nitrogens is 3. The smallest absolute Gasteiger partial charge is 0.108 e. The van der Waals surface area contributed by atoms with Crippen LogP contribution in [0.2, 0.25) is 0 Å². The minimum absolute atomic E-state index is 0.420. The van der Waals surface area contributed by atoms with E-state index in [1.165, 1.54) is 0 Å². The maximum absolute atomic E-state index is 5.65. The molecule has 0 fully saturated rings. The Hall–Kier alpha value is -3.16. The standard InChI is InChI=1S/C21H17N3O/c1-2-7-17(8-3-1)9-6-13-25-14-12-24-16-23-20-15-22-19-11-5-4-10-18(19)21(20)24/h1-5,7-8,10-11,15-16H,12-14H2. The summed E-state index contributed by atoms with van der Waals surface area (Å²) in [5.74, 6) is 6.13. The van der Waals surface area contributed by atoms with E-state index in [9.17, 15) is 0 Å². The molecule has 2 heterocycles. The van der Waals surface area contributed by atoms with Gasteiger partial charge in [-0.3, -0.25) is 4.98 Å². The predicted octanol–water partition coefficient (Wildman–Crippen LogP) is 3.65. The molecule has 4 heteroatoms. The van der Waals surface area contributed by atoms with Gasteiger partial charge in [0.1, 0.15) is 12.1 Å². The SMILES string of the molecule is C(#Cc1ccccc1)COCCn1cnc2cnc3ccccc3c21. The molecule has 0 saturated carbocycles. The van der Waals surface area contributed by atoms with Crippen LogP contribution in [0.5, 0.6) is 0 Å². The van der Waals surface area contributed by atoms with Gasteiger partial charge in [-0.25, -0.2) is 4.98 Å². The number of ether oxygens (including phenoxy) is 1. The van der Waals surface area contributed by atoms with Gasteiger partial charge in [0.05, 0.1) is 30.2 Å². The first-order valence-electron chi connectivity index (χ1n) is 8.22. The highest BCUT2D eigenvalue weighted by Gasteiger charge is 2.07. The molecule has 2 aromatic carbocycles. The third-order valence-electron chi connectivity index (χ3n) is 4.01. The second kappa shape index (κ2) is 7.16. The van der Waals surface area contributed by atoms with E-state index in [0.29, 0.717) is 13.2 Å². The summed E-state index contributed by atoms with van der Waals surface area (Å²) >= 11 is 0. The normalized spacial score (nSPS) is 10.7. The van der Waals surface area contributed by atoms with Crippen LogP contribution >= 0.6 is 0 Å². The van der Waals surface area contributed by atoms with E-state index >= 15 is 0 Å². The summed E-state index contributed by atoms with van der Waals surface area (Å²) in [7, 11) is 0. The van der Waals surface area contributed by atoms with E-state index in [0.717, 1.165) is 34.0 Å². The number of para-hydroxylation sites is 1. The molecule has 0 unspecified atom stereocenters. The molecule has 4 rings (SSSR count). The average Bonchev–Trinajstić information content (AvgIpc) is 3.09. The number of rotatable bonds is 4. The zero-order valence-corrected chi connectivity index (χ0v) is 13.7. The van der Waals surface area contributed by atoms with E-state index < -0.39 is 0 Å². The van der Waals surface area contributed by atoms with E-state index in [-0.39, 0.29) is 0 Å². The van der Waals surface area contributed by atoms with Crippen molar-refractivity contribution in [1.29, 1.82) is 0 Å². The van der Waals surface area contributed by atoms with Gasteiger partial charge >= 0.3 is 0 Å². The van der Waals surface area contributed by atoms with Crippen LogP contribution in [0.4, 0.5) is 0 Å². The van der Waals surface area contributed by atoms with Crippen LogP contribution in [0.3, 0.4) is 0 Å². The Morgan fingerprint density at radius 2 is 1.76 bits per heavy atom. The molecule has 0 N–H and O–H groups in total. The monoisotopic (exact) mass is 327 g/mol. The zero-order valence-electron chi connectivity index (χ0n) is 13.7. The Kier molecular flexibility index (Phi) is 4.40. The van der Waals surface area contributed by atoms with Crippen LogP contribution in [0.1, 0.15) is 5.56 Å². The minimum Gasteiger partial charge on any atom is -0.367 e. The van der Waals surface area contributed by atoms with Crippen LogP contribution in [0.15, 0.2) is 67.1 Å². The average molecular weight is 327 g/mol. The largest absolute Gasteiger partial charge is 0.367 e. The van der Waals surface area contributed by atoms with Crippen molar-refractivity contribution in [1.82, 2.24) is 14.5 Å². The van der Waals surface area contributed by atoms with Crippen molar-refractivity contribution in [3.8, 4) is 11.8 Å². The van der Waals surface area contributed by atoms with Crippen LogP contribution < -0.4 is 0 Å². The summed E-state index contributed by atoms with van der Waals surface area (Å²) in [6.07, 6.45) is 3.66. The van der Waals surface area contributed by atoms with Crippen molar-refractivity contribution < 1.29 is 4.74 Å². The Bertz CT molecular complexity index is 1060. The molecule has 0 aliphatic heterocycles. The third-order valence-corrected chi connectivity index (χ3v) is 4.01. The maximum atomic E-state index is 5.65. The molecule has 0 amide bonds. The molecule has 0 spiro atoms. The van der Waals surface area contributed by atoms with Crippen molar-refractivity contribution in [2.45, 2.75) is 6.54 Å². The highest BCUT2D eigenvalue weighted by molar-refractivity contribution is 6.01. The first kappa shape index (κ1) is 15.4. The Balaban J connectivity index is 1.42. The van der Waals surface area contributed by atoms with E-state index in [1.54, 1.807) is 0 Å². The van der Waals surface area contributed by atoms with Crippen LogP contribution in [0.25, 0.3) is 21.9 Å². The molecule has 0 aliphatic rings. The molecule has 4 nitrogen and oxygen atoms in total. The molecule has 0 aliphatic carbocycles. The lowest BCUT2D eigenvalue weighted by molar-refractivity contribution is 0.158. The number of hydrogen-bond donors (Lipinski definition) is 0. The van der Waals surface area contributed by atoms with Gasteiger partial charge < -0.3 is 9.30 Å². The summed E-state index contributed by atoms with van der Waals surface area (Å²) in [4.78, 5) is 8.89. The third kappa shape index (κ3) is 3.37. The van der Waals surface area contributed by atoms with Crippen LogP contribution in [-0.2, 0) is 11.3 Å². The van der Waals surface area contributed by atoms with Gasteiger partial charge in [-0.05, 0) is 18.2 Å². The quantitative estimate of drug-likeness (QED) is 0.424. The van der Waals surface area contributed by atoms with Gasteiger partial charge in [0.25, 0.3) is 0 Å². The molecule has 0 saturated heterocycles. The van der Waals surface area contributed by atoms with Crippen LogP contribution in [-0.4, -0.2) is 27.7 Å². The lowest BCUT2D eigenvalue weighted by Crippen LogP contribution is -2.05. The summed E-state index contributed by atoms with van der Waals surface area (Å²) in [5.41, 5.74) is 3.99. The van der Waals surface area contributed by atoms with Crippen molar-refractivity contribution >= 4 is 21.9 Å². The molecule has 0 radical (unpaired) electrons. The zero-order chi connectivity index (χ0) is 16.9. The maximum Gasteiger partial charge on any atom is 0.108 e. The Labute approximate surface area is 146 Å². The molecule has 0 bridgehead atoms. The number of imidazole rings is 1. The lowest BCUT2D eigenvalue weighted by Gasteiger charge is -2.06. The highest BCUT2D eigenvalue weighted by atomic mass is 16.5. The number of benzene rings is 2. The van der Waals surface area contributed by atoms with Gasteiger partial charge in [0.15, 0.2) is 0 Å². The fraction of sp³-hybridized carbons (Fsp3) is 0.143. The summed E-state index contributed by atoms with van der Waals surface area (Å²) in [6.45, 7) is 1.74. The fourth-order valence-corrected chi connectivity index (χ4v) is 2.82. The summed E-state index contributed by atoms with van der Waals surface area (Å²) in [5, 5.41) is 1.11. The number of pyridine rings is 1. The van der Waals surface area contributed by atoms with E-state index in [4.69, 9.17) is 4.74 Å². The van der Waals surface area contributed by atoms with Gasteiger partial charge in [-0.15, -0.1) is 0 Å². The van der Waals surface area contributed by atoms with E-state index in [1.807, 2.05) is 61.1 Å². The van der Waals surface area contributed by atoms with Gasteiger partial charge in [0.2, 0.25) is 0 Å². The van der Waals surface area contributed by atoms with Crippen molar-refractivity contribution in [2.24, 2.45) is 0 Å². The molecule has 4 aromatic rings. The summed E-state index contributed by atoms with van der Waals surface area (Å²) < 4.78 is 7.77. The number of hydrogen-bond acceptors (Lipinski definition) is 3. The lowest BCUT2D eigenvalue weighted by atomic mass is 10.2. The number of fused-ring (bicyclic) bond motifs is 3. The van der Waals surface area contributed by atoms with Crippen molar-refractivity contribution in [3.05, 3.63) is 72.7 Å². The second-order valence-electron chi connectivity index (χ2n) is 5.67. The van der Waals surface area contributed by atoms with Gasteiger partial charge in [0, 0.05) is 17.5 Å². The first-order valence-corrected chi connectivity index (χ1v) is 8.22. The molecule has 122 valence electrons. The van der Waals surface area contributed by atoms with Crippen molar-refractivity contribution in [3.63, 3.8) is 0 Å². The fourth-order valence-electron chi connectivity index (χ4n) is 2.82. The molecular weight excluding hydrogens is 310 g/mol. The van der Waals surface area contributed by atoms with Gasteiger partial charge in [-0.2, -0.15) is 0 Å². The topological polar surface area (TPSA) is 39.9 Å². The number of nitrogens with zero attached hydrogens (tertiary/aromatic N) is 3. The van der Waals surface area contributed by atoms with Crippen molar-refractivity contribution in [2.75, 3.05) is 13.2 Å². The minimum atomic E-state index is 0.420. The molecule has 2 aromatic heterocycles.